The number of aryl methyl sites for hydroxylation is 2. The molecule has 0 aliphatic heterocycles. The lowest BCUT2D eigenvalue weighted by Gasteiger charge is -2.14. The maximum absolute atomic E-state index is 12.8. The molecule has 4 rings (SSSR count). The number of rotatable bonds is 7. The summed E-state index contributed by atoms with van der Waals surface area (Å²) in [5.74, 6) is 1.42. The average molecular weight is 386 g/mol. The maximum Gasteiger partial charge on any atom is 0.262 e. The molecule has 2 aromatic heterocycles. The lowest BCUT2D eigenvalue weighted by molar-refractivity contribution is 0.0914. The van der Waals surface area contributed by atoms with Crippen molar-refractivity contribution in [3.63, 3.8) is 0 Å². The quantitative estimate of drug-likeness (QED) is 0.676. The molecule has 0 saturated carbocycles. The summed E-state index contributed by atoms with van der Waals surface area (Å²) >= 11 is 1.62. The molecule has 0 bridgehead atoms. The fraction of sp³-hybridized carbons (Fsp3) is 0.400. The number of nitrogens with zero attached hydrogens (tertiary/aromatic N) is 2. The highest BCUT2D eigenvalue weighted by atomic mass is 32.1. The Bertz CT molecular complexity index is 994. The van der Waals surface area contributed by atoms with E-state index in [4.69, 9.17) is 9.47 Å². The summed E-state index contributed by atoms with van der Waals surface area (Å²) in [5.41, 5.74) is 1.08. The molecule has 0 unspecified atom stereocenters. The van der Waals surface area contributed by atoms with Gasteiger partial charge in [0.15, 0.2) is 0 Å². The molecule has 142 valence electrons. The first-order valence-corrected chi connectivity index (χ1v) is 10.0. The van der Waals surface area contributed by atoms with E-state index >= 15 is 0 Å². The topological polar surface area (TPSA) is 73.6 Å². The number of benzene rings is 1. The number of hydrogen-bond acceptors (Lipinski definition) is 6. The number of hydrogen-bond donors (Lipinski definition) is 1. The molecule has 1 aliphatic carbocycles. The van der Waals surface area contributed by atoms with E-state index in [1.54, 1.807) is 23.5 Å². The van der Waals surface area contributed by atoms with E-state index in [1.165, 1.54) is 15.8 Å². The number of aliphatic hydroxyl groups excluding tert-OH is 1. The Hall–Kier alpha value is -2.38. The van der Waals surface area contributed by atoms with Gasteiger partial charge in [-0.15, -0.1) is 11.3 Å². The highest BCUT2D eigenvalue weighted by Gasteiger charge is 2.21. The monoisotopic (exact) mass is 386 g/mol. The van der Waals surface area contributed by atoms with E-state index in [0.717, 1.165) is 40.8 Å². The van der Waals surface area contributed by atoms with Crippen molar-refractivity contribution in [2.75, 3.05) is 13.2 Å². The third kappa shape index (κ3) is 3.70. The molecule has 0 radical (unpaired) electrons. The maximum atomic E-state index is 12.8. The number of aliphatic hydroxyl groups is 1. The van der Waals surface area contributed by atoms with Gasteiger partial charge in [0.25, 0.3) is 5.56 Å². The van der Waals surface area contributed by atoms with Crippen LogP contribution in [0.15, 0.2) is 35.4 Å². The second-order valence-electron chi connectivity index (χ2n) is 6.61. The minimum absolute atomic E-state index is 0.0699. The number of aromatic nitrogens is 2. The molecule has 0 fully saturated rings. The van der Waals surface area contributed by atoms with Crippen LogP contribution >= 0.6 is 11.3 Å². The van der Waals surface area contributed by atoms with Crippen molar-refractivity contribution in [3.8, 4) is 11.5 Å². The highest BCUT2D eigenvalue weighted by molar-refractivity contribution is 7.18. The normalized spacial score (nSPS) is 14.3. The van der Waals surface area contributed by atoms with Gasteiger partial charge in [0, 0.05) is 4.88 Å². The van der Waals surface area contributed by atoms with Crippen molar-refractivity contribution < 1.29 is 14.6 Å². The Morgan fingerprint density at radius 3 is 2.70 bits per heavy atom. The summed E-state index contributed by atoms with van der Waals surface area (Å²) in [7, 11) is 0. The molecule has 0 amide bonds. The Kier molecular flexibility index (Phi) is 5.13. The largest absolute Gasteiger partial charge is 0.494 e. The Labute approximate surface area is 161 Å². The van der Waals surface area contributed by atoms with Crippen molar-refractivity contribution in [3.05, 3.63) is 51.4 Å². The molecule has 0 spiro atoms. The molecular weight excluding hydrogens is 364 g/mol. The second kappa shape index (κ2) is 7.70. The minimum Gasteiger partial charge on any atom is -0.494 e. The van der Waals surface area contributed by atoms with Gasteiger partial charge in [-0.2, -0.15) is 0 Å². The minimum atomic E-state index is -0.805. The predicted molar refractivity (Wildman–Crippen MR) is 105 cm³/mol. The zero-order valence-corrected chi connectivity index (χ0v) is 16.0. The standard InChI is InChI=1S/C20H22N2O4S/c1-2-25-14-6-8-15(9-7-14)26-11-13(23)10-22-12-21-19-18(20(22)24)16-4-3-5-17(16)27-19/h6-9,12-13,23H,2-5,10-11H2,1H3/t13-/m0/s1. The average Bonchev–Trinajstić information content (AvgIpc) is 3.25. The van der Waals surface area contributed by atoms with E-state index in [-0.39, 0.29) is 18.7 Å². The van der Waals surface area contributed by atoms with Gasteiger partial charge in [0.1, 0.15) is 29.0 Å². The third-order valence-electron chi connectivity index (χ3n) is 4.68. The van der Waals surface area contributed by atoms with Crippen molar-refractivity contribution >= 4 is 21.6 Å². The smallest absolute Gasteiger partial charge is 0.262 e. The summed E-state index contributed by atoms with van der Waals surface area (Å²) in [6.07, 6.45) is 3.80. The lowest BCUT2D eigenvalue weighted by atomic mass is 10.2. The Morgan fingerprint density at radius 2 is 1.96 bits per heavy atom. The van der Waals surface area contributed by atoms with Crippen LogP contribution in [0.3, 0.4) is 0 Å². The second-order valence-corrected chi connectivity index (χ2v) is 7.69. The van der Waals surface area contributed by atoms with Crippen LogP contribution in [0.1, 0.15) is 23.8 Å². The fourth-order valence-corrected chi connectivity index (χ4v) is 4.64. The lowest BCUT2D eigenvalue weighted by Crippen LogP contribution is -2.30. The zero-order valence-electron chi connectivity index (χ0n) is 15.2. The van der Waals surface area contributed by atoms with Gasteiger partial charge in [-0.05, 0) is 56.0 Å². The first-order chi connectivity index (χ1) is 13.2. The molecule has 6 nitrogen and oxygen atoms in total. The predicted octanol–water partition coefficient (Wildman–Crippen LogP) is 2.79. The van der Waals surface area contributed by atoms with E-state index in [9.17, 15) is 9.90 Å². The molecule has 0 saturated heterocycles. The highest BCUT2D eigenvalue weighted by Crippen LogP contribution is 2.34. The molecule has 2 heterocycles. The third-order valence-corrected chi connectivity index (χ3v) is 5.88. The molecule has 3 aromatic rings. The van der Waals surface area contributed by atoms with Crippen molar-refractivity contribution in [1.82, 2.24) is 9.55 Å². The van der Waals surface area contributed by atoms with Gasteiger partial charge < -0.3 is 14.6 Å². The molecular formula is C20H22N2O4S. The molecule has 1 aromatic carbocycles. The van der Waals surface area contributed by atoms with Crippen LogP contribution in [0.2, 0.25) is 0 Å². The van der Waals surface area contributed by atoms with Gasteiger partial charge in [-0.25, -0.2) is 4.98 Å². The summed E-state index contributed by atoms with van der Waals surface area (Å²) in [5, 5.41) is 11.0. The SMILES string of the molecule is CCOc1ccc(OC[C@@H](O)Cn2cnc3sc4c(c3c2=O)CCC4)cc1. The van der Waals surface area contributed by atoms with Crippen molar-refractivity contribution in [2.45, 2.75) is 38.8 Å². The van der Waals surface area contributed by atoms with E-state index in [1.807, 2.05) is 19.1 Å². The van der Waals surface area contributed by atoms with Gasteiger partial charge in [-0.1, -0.05) is 0 Å². The Balaban J connectivity index is 1.43. The van der Waals surface area contributed by atoms with Gasteiger partial charge >= 0.3 is 0 Å². The fourth-order valence-electron chi connectivity index (χ4n) is 3.42. The van der Waals surface area contributed by atoms with Gasteiger partial charge in [0.2, 0.25) is 0 Å². The first kappa shape index (κ1) is 18.0. The summed E-state index contributed by atoms with van der Waals surface area (Å²) in [4.78, 5) is 19.3. The van der Waals surface area contributed by atoms with Crippen LogP contribution in [0, 0.1) is 0 Å². The zero-order chi connectivity index (χ0) is 18.8. The molecule has 1 aliphatic rings. The van der Waals surface area contributed by atoms with Crippen LogP contribution in [0.4, 0.5) is 0 Å². The van der Waals surface area contributed by atoms with E-state index in [2.05, 4.69) is 4.98 Å². The Morgan fingerprint density at radius 1 is 1.22 bits per heavy atom. The molecule has 1 atom stereocenters. The van der Waals surface area contributed by atoms with Crippen molar-refractivity contribution in [2.24, 2.45) is 0 Å². The number of fused-ring (bicyclic) bond motifs is 3. The summed E-state index contributed by atoms with van der Waals surface area (Å²) < 4.78 is 12.5. The van der Waals surface area contributed by atoms with Gasteiger partial charge in [-0.3, -0.25) is 9.36 Å². The first-order valence-electron chi connectivity index (χ1n) is 9.19. The van der Waals surface area contributed by atoms with Crippen LogP contribution in [-0.2, 0) is 19.4 Å². The van der Waals surface area contributed by atoms with Crippen LogP contribution in [-0.4, -0.2) is 34.0 Å². The molecule has 7 heteroatoms. The summed E-state index contributed by atoms with van der Waals surface area (Å²) in [6, 6.07) is 7.24. The van der Waals surface area contributed by atoms with Crippen LogP contribution in [0.25, 0.3) is 10.2 Å². The van der Waals surface area contributed by atoms with E-state index in [0.29, 0.717) is 12.4 Å². The molecule has 27 heavy (non-hydrogen) atoms. The number of thiophene rings is 1. The summed E-state index contributed by atoms with van der Waals surface area (Å²) in [6.45, 7) is 2.79. The van der Waals surface area contributed by atoms with Crippen molar-refractivity contribution in [1.29, 1.82) is 0 Å². The molecule has 1 N–H and O–H groups in total. The van der Waals surface area contributed by atoms with Crippen LogP contribution < -0.4 is 15.0 Å². The van der Waals surface area contributed by atoms with Crippen LogP contribution in [0.5, 0.6) is 11.5 Å². The number of ether oxygens (including phenoxy) is 2. The van der Waals surface area contributed by atoms with E-state index < -0.39 is 6.10 Å². The van der Waals surface area contributed by atoms with Gasteiger partial charge in [0.05, 0.1) is 24.9 Å².